The summed E-state index contributed by atoms with van der Waals surface area (Å²) >= 11 is 0. The van der Waals surface area contributed by atoms with Crippen molar-refractivity contribution >= 4 is 23.2 Å². The Morgan fingerprint density at radius 2 is 1.10 bits per heavy atom. The van der Waals surface area contributed by atoms with Crippen molar-refractivity contribution in [2.45, 2.75) is 0 Å². The summed E-state index contributed by atoms with van der Waals surface area (Å²) in [6.45, 7) is 0. The molecule has 2 amide bonds. The van der Waals surface area contributed by atoms with Gasteiger partial charge in [-0.1, -0.05) is 36.4 Å². The monoisotopic (exact) mass is 268 g/mol. The van der Waals surface area contributed by atoms with Crippen LogP contribution in [0.4, 0.5) is 11.4 Å². The maximum absolute atomic E-state index is 12.4. The number of carbonyl (C=O) groups is 2. The Hall–Kier alpha value is -2.62. The number of nitrogens with zero attached hydrogens (tertiary/aromatic N) is 2. The fraction of sp³-hybridized carbons (Fsp3) is 0.125. The van der Waals surface area contributed by atoms with Gasteiger partial charge in [0.25, 0.3) is 0 Å². The summed E-state index contributed by atoms with van der Waals surface area (Å²) in [6.07, 6.45) is 0. The fourth-order valence-electron chi connectivity index (χ4n) is 1.82. The van der Waals surface area contributed by atoms with Crippen LogP contribution in [-0.4, -0.2) is 30.8 Å². The first-order valence-electron chi connectivity index (χ1n) is 6.27. The minimum Gasteiger partial charge on any atom is -0.341 e. The van der Waals surface area contributed by atoms with E-state index in [2.05, 4.69) is 0 Å². The van der Waals surface area contributed by atoms with Crippen LogP contribution in [0.2, 0.25) is 0 Å². The first kappa shape index (κ1) is 13.8. The van der Waals surface area contributed by atoms with Crippen LogP contribution in [0.25, 0.3) is 0 Å². The van der Waals surface area contributed by atoms with Gasteiger partial charge in [0.1, 0.15) is 0 Å². The van der Waals surface area contributed by atoms with Crippen LogP contribution in [0.5, 0.6) is 0 Å². The van der Waals surface area contributed by atoms with E-state index in [-0.39, 0.29) is 0 Å². The van der Waals surface area contributed by atoms with Crippen molar-refractivity contribution in [2.75, 3.05) is 19.0 Å². The molecule has 0 unspecified atom stereocenters. The average Bonchev–Trinajstić information content (AvgIpc) is 2.48. The summed E-state index contributed by atoms with van der Waals surface area (Å²) in [5, 5.41) is 0. The number of likely N-dealkylation sites (N-methyl/N-ethyl adjacent to an activating group) is 1. The van der Waals surface area contributed by atoms with E-state index in [1.807, 2.05) is 36.4 Å². The van der Waals surface area contributed by atoms with Crippen LogP contribution >= 0.6 is 0 Å². The third kappa shape index (κ3) is 2.85. The summed E-state index contributed by atoms with van der Waals surface area (Å²) in [5.74, 6) is -1.13. The van der Waals surface area contributed by atoms with Gasteiger partial charge in [-0.3, -0.25) is 14.5 Å². The molecule has 0 atom stereocenters. The van der Waals surface area contributed by atoms with E-state index in [9.17, 15) is 9.59 Å². The van der Waals surface area contributed by atoms with Crippen molar-refractivity contribution in [2.24, 2.45) is 0 Å². The van der Waals surface area contributed by atoms with Gasteiger partial charge in [0, 0.05) is 25.5 Å². The van der Waals surface area contributed by atoms with Crippen molar-refractivity contribution < 1.29 is 9.59 Å². The Balaban J connectivity index is 2.46. The molecule has 2 aromatic carbocycles. The van der Waals surface area contributed by atoms with Crippen molar-refractivity contribution in [3.05, 3.63) is 60.7 Å². The molecule has 0 aliphatic rings. The highest BCUT2D eigenvalue weighted by Gasteiger charge is 2.25. The molecule has 0 aliphatic carbocycles. The first-order valence-corrected chi connectivity index (χ1v) is 6.27. The van der Waals surface area contributed by atoms with Gasteiger partial charge in [-0.2, -0.15) is 0 Å². The summed E-state index contributed by atoms with van der Waals surface area (Å²) < 4.78 is 0. The Labute approximate surface area is 118 Å². The molecule has 4 heteroatoms. The Morgan fingerprint density at radius 1 is 0.700 bits per heavy atom. The van der Waals surface area contributed by atoms with Crippen LogP contribution in [0.15, 0.2) is 60.7 Å². The summed E-state index contributed by atoms with van der Waals surface area (Å²) in [4.78, 5) is 27.1. The average molecular weight is 268 g/mol. The summed E-state index contributed by atoms with van der Waals surface area (Å²) in [6, 6.07) is 18.3. The third-order valence-electron chi connectivity index (χ3n) is 2.82. The molecule has 0 radical (unpaired) electrons. The molecule has 0 aliphatic heterocycles. The van der Waals surface area contributed by atoms with E-state index in [1.54, 1.807) is 38.4 Å². The molecule has 0 fully saturated rings. The van der Waals surface area contributed by atoms with E-state index in [0.717, 1.165) is 0 Å². The van der Waals surface area contributed by atoms with E-state index >= 15 is 0 Å². The van der Waals surface area contributed by atoms with E-state index in [0.29, 0.717) is 11.4 Å². The van der Waals surface area contributed by atoms with Gasteiger partial charge in [0.2, 0.25) is 0 Å². The summed E-state index contributed by atoms with van der Waals surface area (Å²) in [7, 11) is 3.13. The quantitative estimate of drug-likeness (QED) is 0.785. The molecule has 20 heavy (non-hydrogen) atoms. The van der Waals surface area contributed by atoms with E-state index in [4.69, 9.17) is 0 Å². The zero-order valence-corrected chi connectivity index (χ0v) is 11.5. The molecular formula is C16H16N2O2. The number of anilines is 2. The number of hydrogen-bond donors (Lipinski definition) is 0. The van der Waals surface area contributed by atoms with Crippen LogP contribution < -0.4 is 4.90 Å². The smallest absolute Gasteiger partial charge is 0.321 e. The second-order valence-electron chi connectivity index (χ2n) is 4.51. The largest absolute Gasteiger partial charge is 0.341 e. The molecule has 2 rings (SSSR count). The lowest BCUT2D eigenvalue weighted by Crippen LogP contribution is -2.40. The Morgan fingerprint density at radius 3 is 1.45 bits per heavy atom. The normalized spacial score (nSPS) is 9.90. The predicted molar refractivity (Wildman–Crippen MR) is 78.7 cm³/mol. The second-order valence-corrected chi connectivity index (χ2v) is 4.51. The molecular weight excluding hydrogens is 252 g/mol. The second kappa shape index (κ2) is 6.02. The van der Waals surface area contributed by atoms with Crippen molar-refractivity contribution in [1.82, 2.24) is 4.90 Å². The first-order chi connectivity index (χ1) is 9.61. The van der Waals surface area contributed by atoms with Gasteiger partial charge in [0.15, 0.2) is 0 Å². The van der Waals surface area contributed by atoms with Crippen molar-refractivity contribution in [3.63, 3.8) is 0 Å². The molecule has 102 valence electrons. The molecule has 2 aromatic rings. The van der Waals surface area contributed by atoms with Crippen molar-refractivity contribution in [1.29, 1.82) is 0 Å². The highest BCUT2D eigenvalue weighted by atomic mass is 16.2. The number of benzene rings is 2. The number of hydrogen-bond acceptors (Lipinski definition) is 2. The zero-order chi connectivity index (χ0) is 14.5. The highest BCUT2D eigenvalue weighted by molar-refractivity contribution is 6.41. The number of para-hydroxylation sites is 2. The lowest BCUT2D eigenvalue weighted by Gasteiger charge is -2.23. The molecule has 0 saturated heterocycles. The van der Waals surface area contributed by atoms with Crippen LogP contribution in [0.1, 0.15) is 0 Å². The van der Waals surface area contributed by atoms with Crippen LogP contribution in [0.3, 0.4) is 0 Å². The molecule has 0 saturated carbocycles. The number of amides is 2. The molecule has 0 bridgehead atoms. The lowest BCUT2D eigenvalue weighted by molar-refractivity contribution is -0.142. The Kier molecular flexibility index (Phi) is 4.15. The highest BCUT2D eigenvalue weighted by Crippen LogP contribution is 2.25. The lowest BCUT2D eigenvalue weighted by atomic mass is 10.2. The number of rotatable bonds is 2. The van der Waals surface area contributed by atoms with Crippen LogP contribution in [-0.2, 0) is 9.59 Å². The van der Waals surface area contributed by atoms with E-state index in [1.165, 1.54) is 9.80 Å². The summed E-state index contributed by atoms with van der Waals surface area (Å²) in [5.41, 5.74) is 1.33. The van der Waals surface area contributed by atoms with Gasteiger partial charge in [-0.15, -0.1) is 0 Å². The standard InChI is InChI=1S/C16H16N2O2/c1-17(2)15(19)16(20)18(13-9-5-3-6-10-13)14-11-7-4-8-12-14/h3-12H,1-2H3. The Bertz CT molecular complexity index is 555. The van der Waals surface area contributed by atoms with Gasteiger partial charge in [-0.05, 0) is 24.3 Å². The topological polar surface area (TPSA) is 40.6 Å². The van der Waals surface area contributed by atoms with Gasteiger partial charge >= 0.3 is 11.8 Å². The maximum atomic E-state index is 12.4. The van der Waals surface area contributed by atoms with Gasteiger partial charge < -0.3 is 4.90 Å². The van der Waals surface area contributed by atoms with E-state index < -0.39 is 11.8 Å². The zero-order valence-electron chi connectivity index (χ0n) is 11.5. The molecule has 0 spiro atoms. The maximum Gasteiger partial charge on any atom is 0.321 e. The molecule has 0 N–H and O–H groups in total. The molecule has 0 aromatic heterocycles. The van der Waals surface area contributed by atoms with Crippen LogP contribution in [0, 0.1) is 0 Å². The SMILES string of the molecule is CN(C)C(=O)C(=O)N(c1ccccc1)c1ccccc1. The fourth-order valence-corrected chi connectivity index (χ4v) is 1.82. The predicted octanol–water partition coefficient (Wildman–Crippen LogP) is 2.44. The minimum atomic E-state index is -0.576. The molecule has 0 heterocycles. The van der Waals surface area contributed by atoms with Crippen molar-refractivity contribution in [3.8, 4) is 0 Å². The van der Waals surface area contributed by atoms with Gasteiger partial charge in [-0.25, -0.2) is 0 Å². The minimum absolute atomic E-state index is 0.558. The molecule has 4 nitrogen and oxygen atoms in total. The third-order valence-corrected chi connectivity index (χ3v) is 2.82. The van der Waals surface area contributed by atoms with Gasteiger partial charge in [0.05, 0.1) is 0 Å². The number of carbonyl (C=O) groups excluding carboxylic acids is 2.